The summed E-state index contributed by atoms with van der Waals surface area (Å²) in [6.07, 6.45) is 0. The van der Waals surface area contributed by atoms with Crippen molar-refractivity contribution >= 4 is 17.7 Å². The van der Waals surface area contributed by atoms with Crippen molar-refractivity contribution in [2.45, 2.75) is 11.7 Å². The van der Waals surface area contributed by atoms with E-state index in [0.717, 1.165) is 11.1 Å². The highest BCUT2D eigenvalue weighted by Crippen LogP contribution is 2.18. The molecule has 2 N–H and O–H groups in total. The lowest BCUT2D eigenvalue weighted by molar-refractivity contribution is -0.118. The van der Waals surface area contributed by atoms with E-state index < -0.39 is 0 Å². The van der Waals surface area contributed by atoms with Gasteiger partial charge >= 0.3 is 0 Å². The third-order valence-corrected chi connectivity index (χ3v) is 4.34. The molecule has 0 spiro atoms. The first kappa shape index (κ1) is 17.0. The molecule has 126 valence electrons. The number of nitrogens with zero attached hydrogens (tertiary/aromatic N) is 1. The van der Waals surface area contributed by atoms with Gasteiger partial charge in [0.05, 0.1) is 11.4 Å². The standard InChI is InChI=1S/C19H17N3O2S/c23-17-11-16(15-9-5-2-6-10-15)21-19(22-17)25-13-18(24)20-12-14-7-3-1-4-8-14/h1-11H,12-13H2,(H,20,24)(H,21,22,23). The zero-order valence-electron chi connectivity index (χ0n) is 13.4. The van der Waals surface area contributed by atoms with E-state index in [0.29, 0.717) is 17.4 Å². The molecule has 1 heterocycles. The average molecular weight is 351 g/mol. The van der Waals surface area contributed by atoms with Gasteiger partial charge in [0.15, 0.2) is 5.16 Å². The van der Waals surface area contributed by atoms with Crippen molar-refractivity contribution in [3.05, 3.63) is 82.6 Å². The van der Waals surface area contributed by atoms with Gasteiger partial charge in [0.1, 0.15) is 0 Å². The van der Waals surface area contributed by atoms with Crippen LogP contribution in [0, 0.1) is 0 Å². The van der Waals surface area contributed by atoms with Crippen LogP contribution in [0.15, 0.2) is 76.7 Å². The number of thioether (sulfide) groups is 1. The van der Waals surface area contributed by atoms with Crippen molar-refractivity contribution in [3.8, 4) is 11.3 Å². The van der Waals surface area contributed by atoms with Crippen LogP contribution in [-0.4, -0.2) is 21.6 Å². The lowest BCUT2D eigenvalue weighted by Crippen LogP contribution is -2.24. The number of nitrogens with one attached hydrogen (secondary N) is 2. The molecule has 0 aliphatic heterocycles. The van der Waals surface area contributed by atoms with Crippen LogP contribution in [0.3, 0.4) is 0 Å². The summed E-state index contributed by atoms with van der Waals surface area (Å²) in [6.45, 7) is 0.480. The predicted octanol–water partition coefficient (Wildman–Crippen LogP) is 2.85. The minimum Gasteiger partial charge on any atom is -0.351 e. The summed E-state index contributed by atoms with van der Waals surface area (Å²) in [7, 11) is 0. The quantitative estimate of drug-likeness (QED) is 0.529. The van der Waals surface area contributed by atoms with E-state index in [4.69, 9.17) is 0 Å². The SMILES string of the molecule is O=C(CSc1nc(-c2ccccc2)cc(=O)[nH]1)NCc1ccccc1. The molecule has 6 heteroatoms. The first-order valence-corrected chi connectivity index (χ1v) is 8.79. The average Bonchev–Trinajstić information content (AvgIpc) is 2.66. The van der Waals surface area contributed by atoms with E-state index in [2.05, 4.69) is 15.3 Å². The summed E-state index contributed by atoms with van der Waals surface area (Å²) in [5, 5.41) is 3.28. The van der Waals surface area contributed by atoms with Gasteiger partial charge in [-0.05, 0) is 5.56 Å². The van der Waals surface area contributed by atoms with E-state index in [1.807, 2.05) is 60.7 Å². The number of hydrogen-bond acceptors (Lipinski definition) is 4. The molecule has 0 unspecified atom stereocenters. The van der Waals surface area contributed by atoms with Gasteiger partial charge in [0.25, 0.3) is 5.56 Å². The Labute approximate surface area is 149 Å². The van der Waals surface area contributed by atoms with E-state index in [9.17, 15) is 9.59 Å². The highest BCUT2D eigenvalue weighted by Gasteiger charge is 2.07. The summed E-state index contributed by atoms with van der Waals surface area (Å²) in [5.41, 5.74) is 2.26. The zero-order chi connectivity index (χ0) is 17.5. The van der Waals surface area contributed by atoms with Crippen molar-refractivity contribution in [2.75, 3.05) is 5.75 Å². The molecule has 5 nitrogen and oxygen atoms in total. The predicted molar refractivity (Wildman–Crippen MR) is 99.3 cm³/mol. The fourth-order valence-corrected chi connectivity index (χ4v) is 2.95. The summed E-state index contributed by atoms with van der Waals surface area (Å²) >= 11 is 1.21. The van der Waals surface area contributed by atoms with E-state index in [1.165, 1.54) is 17.8 Å². The van der Waals surface area contributed by atoms with Gasteiger partial charge in [0.2, 0.25) is 5.91 Å². The molecule has 1 amide bonds. The van der Waals surface area contributed by atoms with Crippen LogP contribution >= 0.6 is 11.8 Å². The fraction of sp³-hybridized carbons (Fsp3) is 0.105. The van der Waals surface area contributed by atoms with Gasteiger partial charge in [-0.15, -0.1) is 0 Å². The molecule has 3 rings (SSSR count). The Hall–Kier alpha value is -2.86. The molecule has 3 aromatic rings. The summed E-state index contributed by atoms with van der Waals surface area (Å²) < 4.78 is 0. The van der Waals surface area contributed by atoms with Gasteiger partial charge in [-0.1, -0.05) is 72.4 Å². The number of H-pyrrole nitrogens is 1. The second-order valence-electron chi connectivity index (χ2n) is 5.35. The molecule has 0 saturated heterocycles. The molecule has 2 aromatic carbocycles. The Morgan fingerprint density at radius 2 is 1.72 bits per heavy atom. The molecule has 0 aliphatic rings. The maximum Gasteiger partial charge on any atom is 0.252 e. The molecule has 25 heavy (non-hydrogen) atoms. The molecule has 0 radical (unpaired) electrons. The zero-order valence-corrected chi connectivity index (χ0v) is 14.3. The third-order valence-electron chi connectivity index (χ3n) is 3.46. The Morgan fingerprint density at radius 3 is 2.44 bits per heavy atom. The van der Waals surface area contributed by atoms with Crippen LogP contribution in [0.25, 0.3) is 11.3 Å². The van der Waals surface area contributed by atoms with Crippen molar-refractivity contribution in [3.63, 3.8) is 0 Å². The second kappa shape index (κ2) is 8.30. The van der Waals surface area contributed by atoms with Crippen molar-refractivity contribution < 1.29 is 4.79 Å². The van der Waals surface area contributed by atoms with Gasteiger partial charge in [-0.2, -0.15) is 0 Å². The van der Waals surface area contributed by atoms with Gasteiger partial charge in [-0.25, -0.2) is 4.98 Å². The second-order valence-corrected chi connectivity index (χ2v) is 6.32. The maximum atomic E-state index is 12.0. The van der Waals surface area contributed by atoms with Gasteiger partial charge in [0, 0.05) is 18.2 Å². The van der Waals surface area contributed by atoms with Crippen molar-refractivity contribution in [2.24, 2.45) is 0 Å². The Bertz CT molecular complexity index is 895. The first-order valence-electron chi connectivity index (χ1n) is 7.81. The monoisotopic (exact) mass is 351 g/mol. The van der Waals surface area contributed by atoms with Crippen LogP contribution in [-0.2, 0) is 11.3 Å². The Kier molecular flexibility index (Phi) is 5.64. The highest BCUT2D eigenvalue weighted by atomic mass is 32.2. The van der Waals surface area contributed by atoms with Gasteiger partial charge in [-0.3, -0.25) is 9.59 Å². The summed E-state index contributed by atoms with van der Waals surface area (Å²) in [5.74, 6) is 0.0789. The molecule has 0 fully saturated rings. The number of hydrogen-bond donors (Lipinski definition) is 2. The minimum absolute atomic E-state index is 0.110. The van der Waals surface area contributed by atoms with Crippen LogP contribution in [0.2, 0.25) is 0 Å². The first-order chi connectivity index (χ1) is 12.2. The molecule has 0 bridgehead atoms. The lowest BCUT2D eigenvalue weighted by atomic mass is 10.1. The topological polar surface area (TPSA) is 74.8 Å². The number of carbonyl (C=O) groups is 1. The number of amides is 1. The van der Waals surface area contributed by atoms with Crippen LogP contribution in [0.4, 0.5) is 0 Å². The van der Waals surface area contributed by atoms with Crippen LogP contribution in [0.1, 0.15) is 5.56 Å². The number of rotatable bonds is 6. The minimum atomic E-state index is -0.235. The Balaban J connectivity index is 1.60. The van der Waals surface area contributed by atoms with Crippen molar-refractivity contribution in [1.29, 1.82) is 0 Å². The van der Waals surface area contributed by atoms with Gasteiger partial charge < -0.3 is 10.3 Å². The molecule has 0 saturated carbocycles. The van der Waals surface area contributed by atoms with E-state index in [-0.39, 0.29) is 17.2 Å². The third kappa shape index (κ3) is 5.06. The lowest BCUT2D eigenvalue weighted by Gasteiger charge is -2.06. The molecule has 0 aliphatic carbocycles. The summed E-state index contributed by atoms with van der Waals surface area (Å²) in [4.78, 5) is 30.9. The summed E-state index contributed by atoms with van der Waals surface area (Å²) in [6, 6.07) is 20.6. The maximum absolute atomic E-state index is 12.0. The smallest absolute Gasteiger partial charge is 0.252 e. The molecular formula is C19H17N3O2S. The number of aromatic amines is 1. The van der Waals surface area contributed by atoms with Crippen LogP contribution in [0.5, 0.6) is 0 Å². The fourth-order valence-electron chi connectivity index (χ4n) is 2.24. The number of aromatic nitrogens is 2. The number of carbonyl (C=O) groups excluding carboxylic acids is 1. The molecular weight excluding hydrogens is 334 g/mol. The Morgan fingerprint density at radius 1 is 1.04 bits per heavy atom. The van der Waals surface area contributed by atoms with Crippen molar-refractivity contribution in [1.82, 2.24) is 15.3 Å². The number of benzene rings is 2. The largest absolute Gasteiger partial charge is 0.351 e. The highest BCUT2D eigenvalue weighted by molar-refractivity contribution is 7.99. The molecule has 0 atom stereocenters. The van der Waals surface area contributed by atoms with E-state index in [1.54, 1.807) is 0 Å². The van der Waals surface area contributed by atoms with Crippen LogP contribution < -0.4 is 10.9 Å². The molecule has 1 aromatic heterocycles. The van der Waals surface area contributed by atoms with E-state index >= 15 is 0 Å². The normalized spacial score (nSPS) is 10.4.